The lowest BCUT2D eigenvalue weighted by Gasteiger charge is -2.22. The van der Waals surface area contributed by atoms with Gasteiger partial charge in [-0.05, 0) is 26.2 Å². The van der Waals surface area contributed by atoms with Gasteiger partial charge in [0.25, 0.3) is 0 Å². The van der Waals surface area contributed by atoms with Crippen LogP contribution >= 0.6 is 0 Å². The molecule has 21 heavy (non-hydrogen) atoms. The van der Waals surface area contributed by atoms with Crippen LogP contribution in [-0.2, 0) is 4.79 Å². The SMILES string of the molecule is CCCCCNC(=NCC(=O)NC1CCCCC1)NCC. The first-order valence-electron chi connectivity index (χ1n) is 8.57. The molecule has 1 saturated carbocycles. The fraction of sp³-hybridized carbons (Fsp3) is 0.875. The highest BCUT2D eigenvalue weighted by atomic mass is 16.1. The molecule has 0 unspecified atom stereocenters. The van der Waals surface area contributed by atoms with Crippen LogP contribution in [0.4, 0.5) is 0 Å². The van der Waals surface area contributed by atoms with Crippen molar-refractivity contribution in [3.63, 3.8) is 0 Å². The molecule has 0 heterocycles. The van der Waals surface area contributed by atoms with Crippen molar-refractivity contribution < 1.29 is 4.79 Å². The molecular weight excluding hydrogens is 264 g/mol. The second kappa shape index (κ2) is 11.4. The van der Waals surface area contributed by atoms with Crippen LogP contribution in [0.25, 0.3) is 0 Å². The van der Waals surface area contributed by atoms with Gasteiger partial charge in [-0.25, -0.2) is 4.99 Å². The van der Waals surface area contributed by atoms with Crippen LogP contribution < -0.4 is 16.0 Å². The zero-order chi connectivity index (χ0) is 15.3. The number of aliphatic imine (C=N–C) groups is 1. The number of carbonyl (C=O) groups excluding carboxylic acids is 1. The molecule has 1 amide bonds. The second-order valence-electron chi connectivity index (χ2n) is 5.73. The van der Waals surface area contributed by atoms with E-state index in [2.05, 4.69) is 27.9 Å². The van der Waals surface area contributed by atoms with Gasteiger partial charge in [-0.15, -0.1) is 0 Å². The molecule has 3 N–H and O–H groups in total. The van der Waals surface area contributed by atoms with Gasteiger partial charge in [0.15, 0.2) is 5.96 Å². The smallest absolute Gasteiger partial charge is 0.242 e. The van der Waals surface area contributed by atoms with Gasteiger partial charge < -0.3 is 16.0 Å². The molecule has 0 aromatic rings. The van der Waals surface area contributed by atoms with E-state index in [-0.39, 0.29) is 12.5 Å². The van der Waals surface area contributed by atoms with Crippen LogP contribution in [0.15, 0.2) is 4.99 Å². The molecule has 0 atom stereocenters. The van der Waals surface area contributed by atoms with Crippen molar-refractivity contribution in [2.45, 2.75) is 71.3 Å². The van der Waals surface area contributed by atoms with Gasteiger partial charge in [-0.1, -0.05) is 39.0 Å². The fourth-order valence-electron chi connectivity index (χ4n) is 2.59. The quantitative estimate of drug-likeness (QED) is 0.365. The van der Waals surface area contributed by atoms with E-state index in [9.17, 15) is 4.79 Å². The van der Waals surface area contributed by atoms with Crippen LogP contribution in [0.5, 0.6) is 0 Å². The van der Waals surface area contributed by atoms with Crippen LogP contribution in [0.1, 0.15) is 65.2 Å². The largest absolute Gasteiger partial charge is 0.357 e. The lowest BCUT2D eigenvalue weighted by atomic mass is 9.95. The minimum atomic E-state index is 0.0349. The summed E-state index contributed by atoms with van der Waals surface area (Å²) in [5.41, 5.74) is 0. The van der Waals surface area contributed by atoms with Crippen molar-refractivity contribution in [2.75, 3.05) is 19.6 Å². The minimum Gasteiger partial charge on any atom is -0.357 e. The standard InChI is InChI=1S/C16H32N4O/c1-3-5-9-12-18-16(17-4-2)19-13-15(21)20-14-10-7-6-8-11-14/h14H,3-13H2,1-2H3,(H,20,21)(H2,17,18,19). The normalized spacial score (nSPS) is 16.6. The number of guanidine groups is 1. The molecule has 122 valence electrons. The summed E-state index contributed by atoms with van der Waals surface area (Å²) in [4.78, 5) is 16.3. The zero-order valence-electron chi connectivity index (χ0n) is 13.7. The third kappa shape index (κ3) is 8.58. The molecule has 0 spiro atoms. The Morgan fingerprint density at radius 1 is 1.10 bits per heavy atom. The Morgan fingerprint density at radius 3 is 2.52 bits per heavy atom. The van der Waals surface area contributed by atoms with E-state index in [4.69, 9.17) is 0 Å². The van der Waals surface area contributed by atoms with Gasteiger partial charge in [-0.2, -0.15) is 0 Å². The van der Waals surface area contributed by atoms with E-state index >= 15 is 0 Å². The highest BCUT2D eigenvalue weighted by molar-refractivity contribution is 5.84. The molecule has 1 fully saturated rings. The van der Waals surface area contributed by atoms with Crippen LogP contribution in [0, 0.1) is 0 Å². The summed E-state index contributed by atoms with van der Waals surface area (Å²) in [6, 6.07) is 0.363. The molecular formula is C16H32N4O. The summed E-state index contributed by atoms with van der Waals surface area (Å²) in [5, 5.41) is 9.54. The molecule has 1 aliphatic carbocycles. The van der Waals surface area contributed by atoms with E-state index < -0.39 is 0 Å². The Hall–Kier alpha value is -1.26. The summed E-state index contributed by atoms with van der Waals surface area (Å²) in [5.74, 6) is 0.778. The molecule has 0 bridgehead atoms. The first kappa shape index (κ1) is 17.8. The Morgan fingerprint density at radius 2 is 1.86 bits per heavy atom. The zero-order valence-corrected chi connectivity index (χ0v) is 13.7. The number of unbranched alkanes of at least 4 members (excludes halogenated alkanes) is 2. The Balaban J connectivity index is 2.28. The monoisotopic (exact) mass is 296 g/mol. The van der Waals surface area contributed by atoms with E-state index in [1.165, 1.54) is 32.1 Å². The molecule has 0 aliphatic heterocycles. The predicted molar refractivity (Wildman–Crippen MR) is 88.5 cm³/mol. The van der Waals surface area contributed by atoms with Crippen molar-refractivity contribution in [2.24, 2.45) is 4.99 Å². The third-order valence-corrected chi connectivity index (χ3v) is 3.77. The highest BCUT2D eigenvalue weighted by Crippen LogP contribution is 2.17. The van der Waals surface area contributed by atoms with E-state index in [1.807, 2.05) is 6.92 Å². The van der Waals surface area contributed by atoms with Gasteiger partial charge >= 0.3 is 0 Å². The molecule has 0 aromatic carbocycles. The highest BCUT2D eigenvalue weighted by Gasteiger charge is 2.15. The maximum Gasteiger partial charge on any atom is 0.242 e. The molecule has 1 aliphatic rings. The Kier molecular flexibility index (Phi) is 9.66. The minimum absolute atomic E-state index is 0.0349. The van der Waals surface area contributed by atoms with Crippen molar-refractivity contribution in [1.29, 1.82) is 0 Å². The Labute approximate surface area is 129 Å². The summed E-state index contributed by atoms with van der Waals surface area (Å²) in [6.45, 7) is 6.15. The van der Waals surface area contributed by atoms with Crippen molar-refractivity contribution in [3.8, 4) is 0 Å². The maximum absolute atomic E-state index is 11.9. The fourth-order valence-corrected chi connectivity index (χ4v) is 2.59. The van der Waals surface area contributed by atoms with Gasteiger partial charge in [0, 0.05) is 19.1 Å². The number of amides is 1. The molecule has 5 heteroatoms. The van der Waals surface area contributed by atoms with Crippen molar-refractivity contribution in [1.82, 2.24) is 16.0 Å². The molecule has 1 rings (SSSR count). The summed E-state index contributed by atoms with van der Waals surface area (Å²) in [7, 11) is 0. The first-order valence-corrected chi connectivity index (χ1v) is 8.57. The molecule has 0 aromatic heterocycles. The number of rotatable bonds is 8. The second-order valence-corrected chi connectivity index (χ2v) is 5.73. The van der Waals surface area contributed by atoms with Crippen molar-refractivity contribution in [3.05, 3.63) is 0 Å². The summed E-state index contributed by atoms with van der Waals surface area (Å²) in [6.07, 6.45) is 9.56. The Bertz CT molecular complexity index is 311. The molecule has 0 saturated heterocycles. The first-order chi connectivity index (χ1) is 10.3. The summed E-state index contributed by atoms with van der Waals surface area (Å²) < 4.78 is 0. The average Bonchev–Trinajstić information content (AvgIpc) is 2.50. The number of nitrogens with one attached hydrogen (secondary N) is 3. The topological polar surface area (TPSA) is 65.5 Å². The summed E-state index contributed by atoms with van der Waals surface area (Å²) >= 11 is 0. The average molecular weight is 296 g/mol. The van der Waals surface area contributed by atoms with E-state index in [0.29, 0.717) is 6.04 Å². The number of hydrogen-bond acceptors (Lipinski definition) is 2. The van der Waals surface area contributed by atoms with Gasteiger partial charge in [0.1, 0.15) is 6.54 Å². The third-order valence-electron chi connectivity index (χ3n) is 3.77. The molecule has 5 nitrogen and oxygen atoms in total. The van der Waals surface area contributed by atoms with E-state index in [0.717, 1.165) is 38.3 Å². The lowest BCUT2D eigenvalue weighted by molar-refractivity contribution is -0.120. The van der Waals surface area contributed by atoms with Gasteiger partial charge in [-0.3, -0.25) is 4.79 Å². The van der Waals surface area contributed by atoms with Crippen LogP contribution in [0.2, 0.25) is 0 Å². The number of carbonyl (C=O) groups is 1. The van der Waals surface area contributed by atoms with Gasteiger partial charge in [0.2, 0.25) is 5.91 Å². The van der Waals surface area contributed by atoms with Crippen molar-refractivity contribution >= 4 is 11.9 Å². The number of hydrogen-bond donors (Lipinski definition) is 3. The number of nitrogens with zero attached hydrogens (tertiary/aromatic N) is 1. The van der Waals surface area contributed by atoms with E-state index in [1.54, 1.807) is 0 Å². The van der Waals surface area contributed by atoms with Gasteiger partial charge in [0.05, 0.1) is 0 Å². The maximum atomic E-state index is 11.9. The van der Waals surface area contributed by atoms with Crippen LogP contribution in [0.3, 0.4) is 0 Å². The van der Waals surface area contributed by atoms with Crippen LogP contribution in [-0.4, -0.2) is 37.5 Å². The molecule has 0 radical (unpaired) electrons. The predicted octanol–water partition coefficient (Wildman–Crippen LogP) is 2.18. The lowest BCUT2D eigenvalue weighted by Crippen LogP contribution is -2.40.